The van der Waals surface area contributed by atoms with E-state index in [4.69, 9.17) is 4.74 Å². The molecule has 4 heteroatoms. The van der Waals surface area contributed by atoms with Crippen LogP contribution in [0.15, 0.2) is 0 Å². The molecule has 0 aromatic heterocycles. The Kier molecular flexibility index (Phi) is 6.42. The third kappa shape index (κ3) is 6.08. The lowest BCUT2D eigenvalue weighted by Gasteiger charge is -2.22. The van der Waals surface area contributed by atoms with E-state index in [1.54, 1.807) is 0 Å². The average molecular weight is 228 g/mol. The Morgan fingerprint density at radius 1 is 1.44 bits per heavy atom. The van der Waals surface area contributed by atoms with Crippen LogP contribution in [-0.4, -0.2) is 37.7 Å². The van der Waals surface area contributed by atoms with Crippen LogP contribution in [0.3, 0.4) is 0 Å². The Labute approximate surface area is 98.1 Å². The van der Waals surface area contributed by atoms with E-state index < -0.39 is 0 Å². The Morgan fingerprint density at radius 2 is 2.25 bits per heavy atom. The first-order valence-corrected chi connectivity index (χ1v) is 6.30. The van der Waals surface area contributed by atoms with Gasteiger partial charge in [-0.05, 0) is 33.1 Å². The van der Waals surface area contributed by atoms with Crippen LogP contribution >= 0.6 is 0 Å². The summed E-state index contributed by atoms with van der Waals surface area (Å²) in [5.41, 5.74) is 0. The number of ether oxygens (including phenoxy) is 1. The normalized spacial score (nSPS) is 21.1. The third-order valence-electron chi connectivity index (χ3n) is 2.62. The quantitative estimate of drug-likeness (QED) is 0.668. The van der Waals surface area contributed by atoms with Crippen LogP contribution in [0.2, 0.25) is 0 Å². The molecular formula is C12H24N2O2. The Bertz CT molecular complexity index is 201. The van der Waals surface area contributed by atoms with Crippen LogP contribution in [0.5, 0.6) is 0 Å². The van der Waals surface area contributed by atoms with Crippen molar-refractivity contribution in [2.45, 2.75) is 51.7 Å². The lowest BCUT2D eigenvalue weighted by atomic mass is 10.1. The topological polar surface area (TPSA) is 50.4 Å². The van der Waals surface area contributed by atoms with Crippen molar-refractivity contribution in [1.29, 1.82) is 0 Å². The lowest BCUT2D eigenvalue weighted by molar-refractivity contribution is -0.121. The monoisotopic (exact) mass is 228 g/mol. The smallest absolute Gasteiger partial charge is 0.221 e. The van der Waals surface area contributed by atoms with Gasteiger partial charge in [0.25, 0.3) is 0 Å². The Hall–Kier alpha value is -0.610. The van der Waals surface area contributed by atoms with Gasteiger partial charge >= 0.3 is 0 Å². The summed E-state index contributed by atoms with van der Waals surface area (Å²) >= 11 is 0. The third-order valence-corrected chi connectivity index (χ3v) is 2.62. The van der Waals surface area contributed by atoms with E-state index in [0.717, 1.165) is 26.1 Å². The molecule has 4 nitrogen and oxygen atoms in total. The molecule has 0 bridgehead atoms. The van der Waals surface area contributed by atoms with Gasteiger partial charge in [-0.25, -0.2) is 0 Å². The number of hydrogen-bond acceptors (Lipinski definition) is 3. The number of amides is 1. The van der Waals surface area contributed by atoms with Gasteiger partial charge in [-0.3, -0.25) is 4.79 Å². The molecule has 0 radical (unpaired) electrons. The predicted molar refractivity (Wildman–Crippen MR) is 64.4 cm³/mol. The molecule has 1 fully saturated rings. The second-order valence-corrected chi connectivity index (χ2v) is 4.66. The minimum absolute atomic E-state index is 0.118. The number of nitrogens with one attached hydrogen (secondary N) is 2. The first-order chi connectivity index (χ1) is 7.68. The summed E-state index contributed by atoms with van der Waals surface area (Å²) in [6, 6.07) is 0.231. The lowest BCUT2D eigenvalue weighted by Crippen LogP contribution is -2.36. The number of hydrogen-bond donors (Lipinski definition) is 2. The number of carbonyl (C=O) groups is 1. The van der Waals surface area contributed by atoms with E-state index in [1.807, 2.05) is 13.8 Å². The summed E-state index contributed by atoms with van der Waals surface area (Å²) in [6.07, 6.45) is 4.49. The zero-order valence-electron chi connectivity index (χ0n) is 10.4. The van der Waals surface area contributed by atoms with E-state index >= 15 is 0 Å². The summed E-state index contributed by atoms with van der Waals surface area (Å²) in [6.45, 7) is 6.44. The summed E-state index contributed by atoms with van der Waals surface area (Å²) in [4.78, 5) is 11.3. The summed E-state index contributed by atoms with van der Waals surface area (Å²) < 4.78 is 5.59. The second kappa shape index (κ2) is 7.63. The van der Waals surface area contributed by atoms with Gasteiger partial charge in [-0.2, -0.15) is 0 Å². The molecule has 0 aromatic rings. The van der Waals surface area contributed by atoms with Gasteiger partial charge in [0.15, 0.2) is 0 Å². The highest BCUT2D eigenvalue weighted by Crippen LogP contribution is 2.11. The van der Waals surface area contributed by atoms with Gasteiger partial charge < -0.3 is 15.4 Å². The average Bonchev–Trinajstić information content (AvgIpc) is 2.25. The second-order valence-electron chi connectivity index (χ2n) is 4.66. The highest BCUT2D eigenvalue weighted by atomic mass is 16.5. The Balaban J connectivity index is 1.96. The maximum Gasteiger partial charge on any atom is 0.221 e. The van der Waals surface area contributed by atoms with Crippen molar-refractivity contribution >= 4 is 5.91 Å². The van der Waals surface area contributed by atoms with Crippen LogP contribution in [0, 0.1) is 0 Å². The molecule has 0 aromatic carbocycles. The van der Waals surface area contributed by atoms with Crippen LogP contribution in [0.1, 0.15) is 39.5 Å². The molecule has 1 atom stereocenters. The van der Waals surface area contributed by atoms with E-state index in [2.05, 4.69) is 10.6 Å². The van der Waals surface area contributed by atoms with Crippen molar-refractivity contribution in [2.24, 2.45) is 0 Å². The maximum atomic E-state index is 11.3. The fraction of sp³-hybridized carbons (Fsp3) is 0.917. The van der Waals surface area contributed by atoms with Crippen molar-refractivity contribution in [3.05, 3.63) is 0 Å². The zero-order chi connectivity index (χ0) is 11.8. The summed E-state index contributed by atoms with van der Waals surface area (Å²) in [7, 11) is 0. The van der Waals surface area contributed by atoms with Crippen LogP contribution in [0.25, 0.3) is 0 Å². The molecule has 0 aliphatic carbocycles. The molecule has 0 saturated carbocycles. The van der Waals surface area contributed by atoms with E-state index in [0.29, 0.717) is 12.5 Å². The highest BCUT2D eigenvalue weighted by Gasteiger charge is 2.12. The number of carbonyl (C=O) groups excluding carboxylic acids is 1. The van der Waals surface area contributed by atoms with E-state index in [1.165, 1.54) is 12.8 Å². The van der Waals surface area contributed by atoms with Crippen LogP contribution in [0.4, 0.5) is 0 Å². The molecule has 1 saturated heterocycles. The molecule has 1 aliphatic rings. The van der Waals surface area contributed by atoms with Crippen molar-refractivity contribution in [3.63, 3.8) is 0 Å². The summed E-state index contributed by atoms with van der Waals surface area (Å²) in [5.74, 6) is 0.118. The van der Waals surface area contributed by atoms with E-state index in [-0.39, 0.29) is 11.9 Å². The SMILES string of the molecule is CC(C)NC(=O)CCNCC1CCCCO1. The van der Waals surface area contributed by atoms with Gasteiger partial charge in [0.05, 0.1) is 6.10 Å². The summed E-state index contributed by atoms with van der Waals surface area (Å²) in [5, 5.41) is 6.14. The van der Waals surface area contributed by atoms with Crippen LogP contribution in [-0.2, 0) is 9.53 Å². The molecule has 94 valence electrons. The molecular weight excluding hydrogens is 204 g/mol. The highest BCUT2D eigenvalue weighted by molar-refractivity contribution is 5.76. The molecule has 2 N–H and O–H groups in total. The number of rotatable bonds is 6. The fourth-order valence-electron chi connectivity index (χ4n) is 1.83. The minimum Gasteiger partial charge on any atom is -0.377 e. The molecule has 16 heavy (non-hydrogen) atoms. The van der Waals surface area contributed by atoms with Crippen LogP contribution < -0.4 is 10.6 Å². The molecule has 1 unspecified atom stereocenters. The molecule has 1 rings (SSSR count). The minimum atomic E-state index is 0.118. The molecule has 1 amide bonds. The van der Waals surface area contributed by atoms with Crippen molar-refractivity contribution in [2.75, 3.05) is 19.7 Å². The van der Waals surface area contributed by atoms with Crippen molar-refractivity contribution < 1.29 is 9.53 Å². The van der Waals surface area contributed by atoms with Gasteiger partial charge in [-0.1, -0.05) is 0 Å². The van der Waals surface area contributed by atoms with Gasteiger partial charge in [-0.15, -0.1) is 0 Å². The molecule has 1 heterocycles. The van der Waals surface area contributed by atoms with Crippen molar-refractivity contribution in [3.8, 4) is 0 Å². The first-order valence-electron chi connectivity index (χ1n) is 6.30. The first kappa shape index (κ1) is 13.5. The van der Waals surface area contributed by atoms with E-state index in [9.17, 15) is 4.79 Å². The van der Waals surface area contributed by atoms with Gasteiger partial charge in [0.1, 0.15) is 0 Å². The van der Waals surface area contributed by atoms with Gasteiger partial charge in [0, 0.05) is 32.2 Å². The Morgan fingerprint density at radius 3 is 2.88 bits per heavy atom. The largest absolute Gasteiger partial charge is 0.377 e. The fourth-order valence-corrected chi connectivity index (χ4v) is 1.83. The standard InChI is InChI=1S/C12H24N2O2/c1-10(2)14-12(15)6-7-13-9-11-5-3-4-8-16-11/h10-11,13H,3-9H2,1-2H3,(H,14,15). The molecule has 1 aliphatic heterocycles. The van der Waals surface area contributed by atoms with Crippen molar-refractivity contribution in [1.82, 2.24) is 10.6 Å². The maximum absolute atomic E-state index is 11.3. The predicted octanol–water partition coefficient (Wildman–Crippen LogP) is 1.06. The zero-order valence-corrected chi connectivity index (χ0v) is 10.4. The van der Waals surface area contributed by atoms with Gasteiger partial charge in [0.2, 0.25) is 5.91 Å². The molecule has 0 spiro atoms.